The highest BCUT2D eigenvalue weighted by Gasteiger charge is 2.25. The summed E-state index contributed by atoms with van der Waals surface area (Å²) in [5, 5.41) is 9.60. The van der Waals surface area contributed by atoms with E-state index in [0.29, 0.717) is 23.9 Å². The number of likely N-dealkylation sites (N-methyl/N-ethyl adjacent to an activating group) is 1. The molecule has 0 saturated heterocycles. The van der Waals surface area contributed by atoms with Crippen LogP contribution in [-0.2, 0) is 33.3 Å². The summed E-state index contributed by atoms with van der Waals surface area (Å²) in [6.45, 7) is 4.82. The molecular weight excluding hydrogens is 658 g/mol. The maximum Gasteiger partial charge on any atom is 0.361 e. The second-order valence-electron chi connectivity index (χ2n) is 15.3. The molecule has 304 valence electrons. The number of hydrogen-bond acceptors (Lipinski definition) is 7. The van der Waals surface area contributed by atoms with Crippen LogP contribution < -0.4 is 0 Å². The molecular formula is C43H80NO8+. The molecule has 0 aliphatic rings. The number of hydrogen-bond donors (Lipinski definition) is 1. The summed E-state index contributed by atoms with van der Waals surface area (Å²) in [4.78, 5) is 37.0. The fraction of sp³-hybridized carbons (Fsp3) is 0.837. The first-order valence-electron chi connectivity index (χ1n) is 21.0. The third-order valence-corrected chi connectivity index (χ3v) is 8.93. The van der Waals surface area contributed by atoms with Gasteiger partial charge < -0.3 is 28.5 Å². The van der Waals surface area contributed by atoms with Crippen molar-refractivity contribution in [3.05, 3.63) is 24.3 Å². The number of carbonyl (C=O) groups is 3. The van der Waals surface area contributed by atoms with Crippen LogP contribution in [0.15, 0.2) is 24.3 Å². The lowest BCUT2D eigenvalue weighted by molar-refractivity contribution is -0.870. The van der Waals surface area contributed by atoms with Gasteiger partial charge in [-0.05, 0) is 64.2 Å². The number of carboxylic acid groups (broad SMARTS) is 1. The van der Waals surface area contributed by atoms with Crippen molar-refractivity contribution in [1.29, 1.82) is 0 Å². The van der Waals surface area contributed by atoms with Crippen molar-refractivity contribution in [2.45, 2.75) is 187 Å². The molecule has 0 saturated carbocycles. The molecule has 2 atom stereocenters. The van der Waals surface area contributed by atoms with Gasteiger partial charge in [0.25, 0.3) is 6.29 Å². The normalized spacial score (nSPS) is 13.2. The molecule has 52 heavy (non-hydrogen) atoms. The Morgan fingerprint density at radius 1 is 0.558 bits per heavy atom. The molecule has 0 heterocycles. The summed E-state index contributed by atoms with van der Waals surface area (Å²) in [6, 6.07) is 0. The van der Waals surface area contributed by atoms with E-state index in [4.69, 9.17) is 18.9 Å². The van der Waals surface area contributed by atoms with E-state index < -0.39 is 24.3 Å². The van der Waals surface area contributed by atoms with Crippen LogP contribution in [0.5, 0.6) is 0 Å². The number of rotatable bonds is 38. The van der Waals surface area contributed by atoms with Crippen LogP contribution in [0.25, 0.3) is 0 Å². The lowest BCUT2D eigenvalue weighted by atomic mass is 10.1. The summed E-state index contributed by atoms with van der Waals surface area (Å²) in [5.74, 6) is -2.03. The highest BCUT2D eigenvalue weighted by Crippen LogP contribution is 2.13. The van der Waals surface area contributed by atoms with Gasteiger partial charge in [-0.2, -0.15) is 0 Å². The van der Waals surface area contributed by atoms with E-state index in [1.165, 1.54) is 70.6 Å². The number of allylic oxidation sites excluding steroid dienone is 4. The van der Waals surface area contributed by atoms with Crippen LogP contribution in [0, 0.1) is 0 Å². The van der Waals surface area contributed by atoms with Crippen LogP contribution in [0.4, 0.5) is 0 Å². The average molecular weight is 739 g/mol. The standard InChI is InChI=1S/C43H79NO8/c1-6-8-10-12-14-16-18-20-22-24-26-28-30-32-34-41(46)52-39(38-51-43(42(47)48)49-36-35-44(3,4)5)37-50-40(45)33-31-29-27-25-23-21-19-17-15-13-11-9-7-2/h17-20,39,43H,6-16,21-38H2,1-5H3/p+1/b19-17-,20-18-. The molecule has 0 aliphatic carbocycles. The Morgan fingerprint density at radius 3 is 1.44 bits per heavy atom. The molecule has 0 fully saturated rings. The molecule has 0 spiro atoms. The minimum Gasteiger partial charge on any atom is -0.477 e. The Kier molecular flexibility index (Phi) is 34.2. The zero-order valence-corrected chi connectivity index (χ0v) is 34.2. The Hall–Kier alpha value is -2.23. The van der Waals surface area contributed by atoms with Crippen molar-refractivity contribution in [1.82, 2.24) is 0 Å². The van der Waals surface area contributed by atoms with Crippen LogP contribution in [0.3, 0.4) is 0 Å². The van der Waals surface area contributed by atoms with E-state index >= 15 is 0 Å². The lowest BCUT2D eigenvalue weighted by Gasteiger charge is -2.25. The highest BCUT2D eigenvalue weighted by atomic mass is 16.7. The Bertz CT molecular complexity index is 913. The van der Waals surface area contributed by atoms with Gasteiger partial charge in [0.1, 0.15) is 13.2 Å². The maximum absolute atomic E-state index is 12.7. The lowest BCUT2D eigenvalue weighted by Crippen LogP contribution is -2.40. The van der Waals surface area contributed by atoms with Gasteiger partial charge in [-0.3, -0.25) is 9.59 Å². The molecule has 0 bridgehead atoms. The van der Waals surface area contributed by atoms with Crippen LogP contribution >= 0.6 is 0 Å². The molecule has 0 aromatic heterocycles. The zero-order chi connectivity index (χ0) is 38.5. The van der Waals surface area contributed by atoms with E-state index in [-0.39, 0.29) is 32.2 Å². The number of ether oxygens (including phenoxy) is 4. The summed E-state index contributed by atoms with van der Waals surface area (Å²) >= 11 is 0. The molecule has 0 aromatic rings. The fourth-order valence-electron chi connectivity index (χ4n) is 5.59. The fourth-order valence-corrected chi connectivity index (χ4v) is 5.59. The molecule has 9 heteroatoms. The minimum absolute atomic E-state index is 0.186. The number of carbonyl (C=O) groups excluding carboxylic acids is 2. The predicted molar refractivity (Wildman–Crippen MR) is 212 cm³/mol. The van der Waals surface area contributed by atoms with Crippen molar-refractivity contribution in [3.63, 3.8) is 0 Å². The first kappa shape index (κ1) is 49.8. The predicted octanol–water partition coefficient (Wildman–Crippen LogP) is 10.5. The number of carboxylic acids is 1. The van der Waals surface area contributed by atoms with Crippen molar-refractivity contribution in [2.24, 2.45) is 0 Å². The molecule has 0 rings (SSSR count). The SMILES string of the molecule is CCCCCC/C=C\CCCCCCCC(=O)OCC(COC(OCC[N+](C)(C)C)C(=O)O)OC(=O)CCCCCCC/C=C\CCCCCCC. The van der Waals surface area contributed by atoms with Crippen molar-refractivity contribution in [2.75, 3.05) is 47.5 Å². The minimum atomic E-state index is -1.51. The number of aliphatic carboxylic acids is 1. The van der Waals surface area contributed by atoms with Gasteiger partial charge in [-0.1, -0.05) is 122 Å². The zero-order valence-electron chi connectivity index (χ0n) is 34.2. The molecule has 1 N–H and O–H groups in total. The van der Waals surface area contributed by atoms with E-state index in [0.717, 1.165) is 70.6 Å². The molecule has 9 nitrogen and oxygen atoms in total. The van der Waals surface area contributed by atoms with Gasteiger partial charge in [-0.15, -0.1) is 0 Å². The van der Waals surface area contributed by atoms with Crippen LogP contribution in [-0.4, -0.2) is 87.4 Å². The highest BCUT2D eigenvalue weighted by molar-refractivity contribution is 5.71. The van der Waals surface area contributed by atoms with Gasteiger partial charge in [0, 0.05) is 12.8 Å². The van der Waals surface area contributed by atoms with Gasteiger partial charge >= 0.3 is 17.9 Å². The van der Waals surface area contributed by atoms with Gasteiger partial charge in [-0.25, -0.2) is 4.79 Å². The van der Waals surface area contributed by atoms with Gasteiger partial charge in [0.2, 0.25) is 0 Å². The third kappa shape index (κ3) is 36.1. The monoisotopic (exact) mass is 739 g/mol. The summed E-state index contributed by atoms with van der Waals surface area (Å²) in [7, 11) is 5.94. The number of nitrogens with zero attached hydrogens (tertiary/aromatic N) is 1. The van der Waals surface area contributed by atoms with Crippen molar-refractivity contribution in [3.8, 4) is 0 Å². The molecule has 0 radical (unpaired) electrons. The maximum atomic E-state index is 12.7. The van der Waals surface area contributed by atoms with E-state index in [1.807, 2.05) is 21.1 Å². The van der Waals surface area contributed by atoms with Crippen LogP contribution in [0.1, 0.15) is 174 Å². The molecule has 0 aliphatic heterocycles. The quantitative estimate of drug-likeness (QED) is 0.0219. The largest absolute Gasteiger partial charge is 0.477 e. The summed E-state index contributed by atoms with van der Waals surface area (Å²) in [5.41, 5.74) is 0. The molecule has 0 amide bonds. The summed E-state index contributed by atoms with van der Waals surface area (Å²) < 4.78 is 22.7. The second-order valence-corrected chi connectivity index (χ2v) is 15.3. The molecule has 2 unspecified atom stereocenters. The van der Waals surface area contributed by atoms with Gasteiger partial charge in [0.05, 0.1) is 34.4 Å². The topological polar surface area (TPSA) is 108 Å². The van der Waals surface area contributed by atoms with Crippen molar-refractivity contribution >= 4 is 17.9 Å². The third-order valence-electron chi connectivity index (χ3n) is 8.93. The van der Waals surface area contributed by atoms with Crippen molar-refractivity contribution < 1.29 is 42.9 Å². The number of unbranched alkanes of at least 4 members (excludes halogenated alkanes) is 19. The smallest absolute Gasteiger partial charge is 0.361 e. The Labute approximate surface area is 318 Å². The number of quaternary nitrogens is 1. The Balaban J connectivity index is 4.52. The summed E-state index contributed by atoms with van der Waals surface area (Å²) in [6.07, 6.45) is 33.7. The average Bonchev–Trinajstić information content (AvgIpc) is 3.09. The first-order chi connectivity index (χ1) is 25.1. The van der Waals surface area contributed by atoms with E-state index in [9.17, 15) is 19.5 Å². The number of esters is 2. The second kappa shape index (κ2) is 35.8. The van der Waals surface area contributed by atoms with Crippen LogP contribution in [0.2, 0.25) is 0 Å². The first-order valence-corrected chi connectivity index (χ1v) is 21.0. The van der Waals surface area contributed by atoms with E-state index in [1.54, 1.807) is 0 Å². The van der Waals surface area contributed by atoms with E-state index in [2.05, 4.69) is 38.2 Å². The van der Waals surface area contributed by atoms with Gasteiger partial charge in [0.15, 0.2) is 6.10 Å². The Morgan fingerprint density at radius 2 is 0.981 bits per heavy atom. The molecule has 0 aromatic carbocycles.